The Hall–Kier alpha value is 2.13. The first-order chi connectivity index (χ1) is 22.0. The number of thiazole rings is 1. The molecule has 0 N–H and O–H groups in total. The Kier molecular flexibility index (Phi) is 63.0. The third-order valence-electron chi connectivity index (χ3n) is 6.15. The van der Waals surface area contributed by atoms with Gasteiger partial charge in [0, 0.05) is 170 Å². The second-order valence-corrected chi connectivity index (χ2v) is 10.7. The Morgan fingerprint density at radius 2 is 1.32 bits per heavy atom. The summed E-state index contributed by atoms with van der Waals surface area (Å²) in [5.74, 6) is 6.42. The Labute approximate surface area is 437 Å². The SMILES string of the molecule is CCCCc1nc[c-]s1.CCCc1cc[c-]cc1.[CH2-]Cc1cccc(CC)c1.[CH2-]OCC#CCC.[CH2-]Oc1cccc(CC)c1.[Y].[Y].[Y].[Y].[Y]. The van der Waals surface area contributed by atoms with Gasteiger partial charge in [-0.2, -0.15) is 54.8 Å². The fourth-order valence-electron chi connectivity index (χ4n) is 3.63. The maximum atomic E-state index is 4.81. The van der Waals surface area contributed by atoms with Crippen LogP contribution in [0.4, 0.5) is 0 Å². The van der Waals surface area contributed by atoms with Gasteiger partial charge in [0.05, 0.1) is 12.4 Å². The van der Waals surface area contributed by atoms with Gasteiger partial charge in [0.15, 0.2) is 0 Å². The monoisotopic (exact) mass is 1070 g/mol. The van der Waals surface area contributed by atoms with Crippen LogP contribution in [0.3, 0.4) is 0 Å². The molecule has 0 bridgehead atoms. The molecule has 0 saturated carbocycles. The first-order valence-electron chi connectivity index (χ1n) is 16.0. The summed E-state index contributed by atoms with van der Waals surface area (Å²) < 4.78 is 9.23. The van der Waals surface area contributed by atoms with Gasteiger partial charge in [0.25, 0.3) is 0 Å². The molecular weight excluding hydrogens is 1020 g/mol. The molecule has 3 aromatic carbocycles. The molecule has 1 aromatic heterocycles. The molecule has 0 spiro atoms. The number of unbranched alkanes of at least 4 members (excludes halogenated alkanes) is 1. The van der Waals surface area contributed by atoms with Crippen molar-refractivity contribution in [3.8, 4) is 17.6 Å². The van der Waals surface area contributed by atoms with Crippen molar-refractivity contribution < 1.29 is 173 Å². The van der Waals surface area contributed by atoms with Crippen LogP contribution in [0.5, 0.6) is 5.75 Å². The van der Waals surface area contributed by atoms with E-state index in [4.69, 9.17) is 4.74 Å². The number of hydrogen-bond donors (Lipinski definition) is 0. The molecule has 0 aliphatic heterocycles. The first-order valence-corrected chi connectivity index (χ1v) is 16.8. The van der Waals surface area contributed by atoms with Crippen LogP contribution < -0.4 is 4.74 Å². The third-order valence-corrected chi connectivity index (χ3v) is 6.91. The van der Waals surface area contributed by atoms with Gasteiger partial charge < -0.3 is 32.7 Å². The van der Waals surface area contributed by atoms with Gasteiger partial charge in [-0.15, -0.1) is 5.92 Å². The molecule has 0 unspecified atom stereocenters. The van der Waals surface area contributed by atoms with Crippen LogP contribution in [0, 0.1) is 44.4 Å². The summed E-state index contributed by atoms with van der Waals surface area (Å²) in [6.45, 7) is 14.9. The summed E-state index contributed by atoms with van der Waals surface area (Å²) in [5, 5.41) is 4.19. The van der Waals surface area contributed by atoms with E-state index >= 15 is 0 Å². The molecule has 3 nitrogen and oxygen atoms in total. The molecule has 261 valence electrons. The van der Waals surface area contributed by atoms with E-state index in [2.05, 4.69) is 124 Å². The average Bonchev–Trinajstić information content (AvgIpc) is 3.63. The maximum absolute atomic E-state index is 4.81. The standard InChI is InChI=1S/C10H13.C9H11O.C9H11.C7H10NS.C6H9O.5Y/c1-3-9-6-5-7-10(4-2)8-9;1-3-8-5-4-6-9(7-8)10-2;1-2-6-9-7-4-3-5-8-9;1-2-3-4-7-8-5-6-9-7;1-3-4-5-6-7-2;;;;;/h5-8H,1,3-4H2,2H3;4-7H,2-3H2,1H3;4-5,7-8H,2,6H2,1H3;5H,2-4H2,1H3;2-3,6H2,1H3;;;;;/q5*-1;;;;;. The molecule has 50 heavy (non-hydrogen) atoms. The largest absolute Gasteiger partial charge is 0.665 e. The number of benzene rings is 3. The van der Waals surface area contributed by atoms with Gasteiger partial charge in [-0.25, -0.2) is 7.11 Å². The van der Waals surface area contributed by atoms with Gasteiger partial charge in [-0.3, -0.25) is 0 Å². The maximum Gasteiger partial charge on any atom is 0.0845 e. The summed E-state index contributed by atoms with van der Waals surface area (Å²) in [6, 6.07) is 27.7. The Bertz CT molecular complexity index is 1180. The summed E-state index contributed by atoms with van der Waals surface area (Å²) >= 11 is 1.63. The van der Waals surface area contributed by atoms with Crippen molar-refractivity contribution in [1.29, 1.82) is 0 Å². The van der Waals surface area contributed by atoms with Crippen LogP contribution in [0.15, 0.2) is 79.0 Å². The van der Waals surface area contributed by atoms with E-state index in [1.54, 1.807) is 17.5 Å². The summed E-state index contributed by atoms with van der Waals surface area (Å²) in [4.78, 5) is 4.12. The van der Waals surface area contributed by atoms with E-state index < -0.39 is 0 Å². The van der Waals surface area contributed by atoms with Crippen LogP contribution in [-0.4, -0.2) is 11.6 Å². The molecular formula is C41H54NO2SY5-5. The second-order valence-electron chi connectivity index (χ2n) is 9.76. The minimum Gasteiger partial charge on any atom is -0.665 e. The fourth-order valence-corrected chi connectivity index (χ4v) is 4.22. The molecule has 4 rings (SSSR count). The second kappa shape index (κ2) is 49.1. The molecule has 5 radical (unpaired) electrons. The van der Waals surface area contributed by atoms with Crippen molar-refractivity contribution in [2.75, 3.05) is 6.61 Å². The number of rotatable bonds is 10. The van der Waals surface area contributed by atoms with Crippen molar-refractivity contribution in [1.82, 2.24) is 4.98 Å². The van der Waals surface area contributed by atoms with Gasteiger partial charge in [0.2, 0.25) is 0 Å². The molecule has 0 aliphatic carbocycles. The smallest absolute Gasteiger partial charge is 0.0845 e. The number of aryl methyl sites for hydroxylation is 4. The normalized spacial score (nSPS) is 8.32. The zero-order valence-electron chi connectivity index (χ0n) is 31.3. The topological polar surface area (TPSA) is 31.4 Å². The molecule has 0 atom stereocenters. The molecule has 0 fully saturated rings. The zero-order valence-corrected chi connectivity index (χ0v) is 46.3. The molecule has 1 heterocycles. The Balaban J connectivity index is -0.000000119. The number of hydrogen-bond acceptors (Lipinski definition) is 4. The zero-order chi connectivity index (χ0) is 33.4. The van der Waals surface area contributed by atoms with E-state index in [1.807, 2.05) is 37.3 Å². The summed E-state index contributed by atoms with van der Waals surface area (Å²) in [5.41, 5.74) is 5.43. The van der Waals surface area contributed by atoms with Crippen molar-refractivity contribution in [2.45, 2.75) is 92.4 Å². The third kappa shape index (κ3) is 38.4. The minimum absolute atomic E-state index is 0. The Morgan fingerprint density at radius 3 is 1.80 bits per heavy atom. The van der Waals surface area contributed by atoms with Crippen molar-refractivity contribution in [2.24, 2.45) is 0 Å². The summed E-state index contributed by atoms with van der Waals surface area (Å²) in [7, 11) is 6.49. The van der Waals surface area contributed by atoms with E-state index in [9.17, 15) is 0 Å². The van der Waals surface area contributed by atoms with E-state index in [1.165, 1.54) is 52.9 Å². The number of nitrogens with zero attached hydrogens (tertiary/aromatic N) is 1. The number of ether oxygens (including phenoxy) is 2. The van der Waals surface area contributed by atoms with E-state index in [0.717, 1.165) is 37.9 Å². The quantitative estimate of drug-likeness (QED) is 0.117. The van der Waals surface area contributed by atoms with E-state index in [0.29, 0.717) is 6.61 Å². The van der Waals surface area contributed by atoms with Crippen LogP contribution in [0.1, 0.15) is 87.6 Å². The molecule has 4 aromatic rings. The molecule has 0 saturated heterocycles. The molecule has 9 heteroatoms. The van der Waals surface area contributed by atoms with Crippen LogP contribution in [-0.2, 0) is 200 Å². The van der Waals surface area contributed by atoms with Gasteiger partial charge in [-0.05, 0) is 36.1 Å². The van der Waals surface area contributed by atoms with Crippen molar-refractivity contribution in [3.05, 3.63) is 139 Å². The fraction of sp³-hybridized carbons (Fsp3) is 0.366. The average molecular weight is 1070 g/mol. The van der Waals surface area contributed by atoms with E-state index in [-0.39, 0.29) is 164 Å². The number of aromatic nitrogens is 1. The summed E-state index contributed by atoms with van der Waals surface area (Å²) in [6.07, 6.45) is 11.7. The van der Waals surface area contributed by atoms with Crippen molar-refractivity contribution in [3.63, 3.8) is 0 Å². The molecule has 0 aliphatic rings. The first kappa shape index (κ1) is 64.0. The minimum atomic E-state index is 0. The molecule has 0 amide bonds. The van der Waals surface area contributed by atoms with Gasteiger partial charge >= 0.3 is 0 Å². The van der Waals surface area contributed by atoms with Crippen molar-refractivity contribution >= 4 is 11.3 Å². The predicted molar refractivity (Wildman–Crippen MR) is 195 cm³/mol. The van der Waals surface area contributed by atoms with Gasteiger partial charge in [0.1, 0.15) is 0 Å². The Morgan fingerprint density at radius 1 is 0.720 bits per heavy atom. The predicted octanol–water partition coefficient (Wildman–Crippen LogP) is 11.0. The van der Waals surface area contributed by atoms with Crippen LogP contribution >= 0.6 is 11.3 Å². The van der Waals surface area contributed by atoms with Gasteiger partial charge in [-0.1, -0.05) is 126 Å². The van der Waals surface area contributed by atoms with Crippen LogP contribution in [0.25, 0.3) is 0 Å². The van der Waals surface area contributed by atoms with Crippen LogP contribution in [0.2, 0.25) is 0 Å².